The third kappa shape index (κ3) is 2.99. The van der Waals surface area contributed by atoms with Crippen LogP contribution in [-0.2, 0) is 16.9 Å². The molecule has 1 aliphatic rings. The Morgan fingerprint density at radius 1 is 1.42 bits per heavy atom. The number of aromatic nitrogens is 2. The maximum absolute atomic E-state index is 12.2. The quantitative estimate of drug-likeness (QED) is 0.885. The first-order chi connectivity index (χ1) is 11.5. The van der Waals surface area contributed by atoms with E-state index >= 15 is 0 Å². The van der Waals surface area contributed by atoms with Crippen LogP contribution in [0.2, 0.25) is 0 Å². The van der Waals surface area contributed by atoms with Crippen molar-refractivity contribution in [3.8, 4) is 0 Å². The second kappa shape index (κ2) is 6.38. The highest BCUT2D eigenvalue weighted by molar-refractivity contribution is 5.78. The number of hydrogen-bond acceptors (Lipinski definition) is 4. The lowest BCUT2D eigenvalue weighted by atomic mass is 9.87. The molecule has 2 aromatic rings. The molecule has 1 fully saturated rings. The van der Waals surface area contributed by atoms with Gasteiger partial charge in [-0.2, -0.15) is 5.10 Å². The number of furan rings is 1. The fourth-order valence-corrected chi connectivity index (χ4v) is 2.96. The second-order valence-electron chi connectivity index (χ2n) is 6.02. The van der Waals surface area contributed by atoms with Crippen LogP contribution in [0.15, 0.2) is 35.2 Å². The number of aryl methyl sites for hydroxylation is 1. The molecule has 2 amide bonds. The van der Waals surface area contributed by atoms with Gasteiger partial charge < -0.3 is 19.7 Å². The van der Waals surface area contributed by atoms with Gasteiger partial charge in [-0.3, -0.25) is 4.68 Å². The Labute approximate surface area is 139 Å². The number of rotatable bonds is 4. The van der Waals surface area contributed by atoms with E-state index in [0.29, 0.717) is 38.2 Å². The average Bonchev–Trinajstić information content (AvgIpc) is 3.24. The monoisotopic (exact) mass is 332 g/mol. The molecule has 3 heterocycles. The maximum atomic E-state index is 12.2. The fourth-order valence-electron chi connectivity index (χ4n) is 2.96. The normalized spacial score (nSPS) is 16.8. The topological polar surface area (TPSA) is 101 Å². The minimum Gasteiger partial charge on any atom is -0.479 e. The number of piperidine rings is 1. The zero-order valence-corrected chi connectivity index (χ0v) is 13.4. The minimum absolute atomic E-state index is 0.220. The van der Waals surface area contributed by atoms with Crippen molar-refractivity contribution >= 4 is 12.0 Å². The Morgan fingerprint density at radius 2 is 2.17 bits per heavy atom. The molecular weight excluding hydrogens is 312 g/mol. The molecule has 0 spiro atoms. The van der Waals surface area contributed by atoms with Crippen molar-refractivity contribution in [2.75, 3.05) is 13.1 Å². The first-order valence-corrected chi connectivity index (χ1v) is 7.81. The fraction of sp³-hybridized carbons (Fsp3) is 0.438. The van der Waals surface area contributed by atoms with Gasteiger partial charge in [-0.15, -0.1) is 0 Å². The first-order valence-electron chi connectivity index (χ1n) is 7.81. The van der Waals surface area contributed by atoms with Crippen LogP contribution in [0.3, 0.4) is 0 Å². The van der Waals surface area contributed by atoms with E-state index in [1.807, 2.05) is 6.92 Å². The van der Waals surface area contributed by atoms with Gasteiger partial charge in [0.25, 0.3) is 0 Å². The van der Waals surface area contributed by atoms with Crippen LogP contribution in [0.5, 0.6) is 0 Å². The molecule has 1 saturated heterocycles. The molecule has 8 nitrogen and oxygen atoms in total. The number of aliphatic carboxylic acids is 1. The zero-order chi connectivity index (χ0) is 17.2. The highest BCUT2D eigenvalue weighted by atomic mass is 16.4. The van der Waals surface area contributed by atoms with E-state index in [2.05, 4.69) is 10.4 Å². The number of carboxylic acids is 1. The SMILES string of the molecule is Cc1cnn(C2(C(=O)O)CCN(C(=O)NCc3ccco3)CC2)c1. The number of carboxylic acid groups (broad SMARTS) is 1. The average molecular weight is 332 g/mol. The molecule has 2 N–H and O–H groups in total. The number of urea groups is 1. The van der Waals surface area contributed by atoms with Crippen LogP contribution in [0.4, 0.5) is 4.79 Å². The van der Waals surface area contributed by atoms with Gasteiger partial charge in [0.05, 0.1) is 19.0 Å². The maximum Gasteiger partial charge on any atom is 0.331 e. The minimum atomic E-state index is -1.09. The van der Waals surface area contributed by atoms with Gasteiger partial charge in [-0.25, -0.2) is 9.59 Å². The van der Waals surface area contributed by atoms with Gasteiger partial charge in [0, 0.05) is 32.1 Å². The Bertz CT molecular complexity index is 714. The van der Waals surface area contributed by atoms with Crippen LogP contribution < -0.4 is 5.32 Å². The number of carbonyl (C=O) groups excluding carboxylic acids is 1. The standard InChI is InChI=1S/C16H20N4O4/c1-12-9-18-20(11-12)16(14(21)22)4-6-19(7-5-16)15(23)17-10-13-3-2-8-24-13/h2-3,8-9,11H,4-7,10H2,1H3,(H,17,23)(H,21,22). The molecule has 0 radical (unpaired) electrons. The van der Waals surface area contributed by atoms with Crippen LogP contribution >= 0.6 is 0 Å². The van der Waals surface area contributed by atoms with Crippen LogP contribution in [0.25, 0.3) is 0 Å². The molecular formula is C16H20N4O4. The highest BCUT2D eigenvalue weighted by Crippen LogP contribution is 2.30. The predicted octanol–water partition coefficient (Wildman–Crippen LogP) is 1.57. The summed E-state index contributed by atoms with van der Waals surface area (Å²) in [5, 5.41) is 16.7. The van der Waals surface area contributed by atoms with Crippen molar-refractivity contribution < 1.29 is 19.1 Å². The second-order valence-corrected chi connectivity index (χ2v) is 6.02. The third-order valence-electron chi connectivity index (χ3n) is 4.42. The van der Waals surface area contributed by atoms with E-state index in [-0.39, 0.29) is 6.03 Å². The highest BCUT2D eigenvalue weighted by Gasteiger charge is 2.44. The van der Waals surface area contributed by atoms with Crippen molar-refractivity contribution in [1.29, 1.82) is 0 Å². The number of nitrogens with zero attached hydrogens (tertiary/aromatic N) is 3. The van der Waals surface area contributed by atoms with Crippen molar-refractivity contribution in [3.05, 3.63) is 42.1 Å². The smallest absolute Gasteiger partial charge is 0.331 e. The van der Waals surface area contributed by atoms with Crippen molar-refractivity contribution in [1.82, 2.24) is 20.0 Å². The summed E-state index contributed by atoms with van der Waals surface area (Å²) in [6.45, 7) is 2.89. The molecule has 2 aromatic heterocycles. The molecule has 0 unspecified atom stereocenters. The molecule has 0 aromatic carbocycles. The van der Waals surface area contributed by atoms with E-state index in [1.165, 1.54) is 4.68 Å². The molecule has 128 valence electrons. The van der Waals surface area contributed by atoms with Gasteiger partial charge in [0.1, 0.15) is 5.76 Å². The van der Waals surface area contributed by atoms with Gasteiger partial charge >= 0.3 is 12.0 Å². The van der Waals surface area contributed by atoms with Crippen molar-refractivity contribution in [3.63, 3.8) is 0 Å². The van der Waals surface area contributed by atoms with E-state index < -0.39 is 11.5 Å². The van der Waals surface area contributed by atoms with Gasteiger partial charge in [0.15, 0.2) is 5.54 Å². The number of amides is 2. The molecule has 8 heteroatoms. The van der Waals surface area contributed by atoms with E-state index in [0.717, 1.165) is 5.56 Å². The molecule has 1 aliphatic heterocycles. The molecule has 3 rings (SSSR count). The summed E-state index contributed by atoms with van der Waals surface area (Å²) in [6, 6.07) is 3.32. The molecule has 0 aliphatic carbocycles. The summed E-state index contributed by atoms with van der Waals surface area (Å²) in [4.78, 5) is 25.7. The van der Waals surface area contributed by atoms with E-state index in [9.17, 15) is 14.7 Å². The molecule has 0 bridgehead atoms. The summed E-state index contributed by atoms with van der Waals surface area (Å²) in [5.74, 6) is -0.242. The first kappa shape index (κ1) is 16.1. The summed E-state index contributed by atoms with van der Waals surface area (Å²) >= 11 is 0. The Morgan fingerprint density at radius 3 is 2.71 bits per heavy atom. The Kier molecular flexibility index (Phi) is 4.28. The summed E-state index contributed by atoms with van der Waals surface area (Å²) in [7, 11) is 0. The van der Waals surface area contributed by atoms with Gasteiger partial charge in [-0.1, -0.05) is 0 Å². The number of hydrogen-bond donors (Lipinski definition) is 2. The number of nitrogens with one attached hydrogen (secondary N) is 1. The van der Waals surface area contributed by atoms with Crippen LogP contribution in [-0.4, -0.2) is 44.9 Å². The summed E-state index contributed by atoms with van der Waals surface area (Å²) < 4.78 is 6.69. The molecule has 24 heavy (non-hydrogen) atoms. The molecule has 0 atom stereocenters. The summed E-state index contributed by atoms with van der Waals surface area (Å²) in [6.07, 6.45) is 5.57. The van der Waals surface area contributed by atoms with Gasteiger partial charge in [0.2, 0.25) is 0 Å². The summed E-state index contributed by atoms with van der Waals surface area (Å²) in [5.41, 5.74) is -0.180. The Balaban J connectivity index is 1.63. The third-order valence-corrected chi connectivity index (χ3v) is 4.42. The lowest BCUT2D eigenvalue weighted by Crippen LogP contribution is -2.54. The lowest BCUT2D eigenvalue weighted by molar-refractivity contribution is -0.150. The van der Waals surface area contributed by atoms with Crippen molar-refractivity contribution in [2.24, 2.45) is 0 Å². The number of likely N-dealkylation sites (tertiary alicyclic amines) is 1. The molecule has 0 saturated carbocycles. The van der Waals surface area contributed by atoms with E-state index in [4.69, 9.17) is 4.42 Å². The largest absolute Gasteiger partial charge is 0.479 e. The number of carbonyl (C=O) groups is 2. The van der Waals surface area contributed by atoms with Crippen LogP contribution in [0.1, 0.15) is 24.2 Å². The lowest BCUT2D eigenvalue weighted by Gasteiger charge is -2.38. The predicted molar refractivity (Wildman–Crippen MR) is 84.3 cm³/mol. The van der Waals surface area contributed by atoms with Crippen molar-refractivity contribution in [2.45, 2.75) is 31.8 Å². The van der Waals surface area contributed by atoms with E-state index in [1.54, 1.807) is 35.7 Å². The van der Waals surface area contributed by atoms with Crippen LogP contribution in [0, 0.1) is 6.92 Å². The van der Waals surface area contributed by atoms with Gasteiger partial charge in [-0.05, 0) is 24.6 Å². The Hall–Kier alpha value is -2.77. The zero-order valence-electron chi connectivity index (χ0n) is 13.4.